The van der Waals surface area contributed by atoms with E-state index < -0.39 is 10.0 Å². The molecule has 1 rings (SSSR count). The number of nitrogens with one attached hydrogen (secondary N) is 1. The van der Waals surface area contributed by atoms with Crippen LogP contribution in [0, 0.1) is 5.92 Å². The summed E-state index contributed by atoms with van der Waals surface area (Å²) in [6.07, 6.45) is 0.478. The van der Waals surface area contributed by atoms with Gasteiger partial charge in [-0.3, -0.25) is 0 Å². The number of methoxy groups -OCH3 is 1. The lowest BCUT2D eigenvalue weighted by Crippen LogP contribution is -2.41. The molecule has 0 radical (unpaired) electrons. The van der Waals surface area contributed by atoms with Gasteiger partial charge in [0, 0.05) is 31.1 Å². The number of hydrogen-bond acceptors (Lipinski definition) is 5. The van der Waals surface area contributed by atoms with Crippen molar-refractivity contribution in [2.75, 3.05) is 20.3 Å². The molecule has 19 heavy (non-hydrogen) atoms. The molecular formula is C12H21NO4S2. The molecule has 1 aromatic rings. The third kappa shape index (κ3) is 4.85. The van der Waals surface area contributed by atoms with E-state index in [-0.39, 0.29) is 22.8 Å². The predicted molar refractivity (Wildman–Crippen MR) is 75.9 cm³/mol. The summed E-state index contributed by atoms with van der Waals surface area (Å²) in [5.41, 5.74) is 0. The highest BCUT2D eigenvalue weighted by atomic mass is 32.2. The Balaban J connectivity index is 2.83. The van der Waals surface area contributed by atoms with Crippen LogP contribution in [0.25, 0.3) is 0 Å². The van der Waals surface area contributed by atoms with Gasteiger partial charge in [-0.1, -0.05) is 13.8 Å². The third-order valence-corrected chi connectivity index (χ3v) is 5.84. The molecule has 0 saturated heterocycles. The van der Waals surface area contributed by atoms with E-state index in [1.807, 2.05) is 13.8 Å². The van der Waals surface area contributed by atoms with E-state index in [4.69, 9.17) is 9.84 Å². The molecule has 110 valence electrons. The first kappa shape index (κ1) is 16.6. The molecule has 1 atom stereocenters. The van der Waals surface area contributed by atoms with Gasteiger partial charge in [0.05, 0.1) is 6.61 Å². The van der Waals surface area contributed by atoms with Crippen molar-refractivity contribution in [2.45, 2.75) is 30.5 Å². The average molecular weight is 307 g/mol. The van der Waals surface area contributed by atoms with E-state index in [2.05, 4.69) is 4.72 Å². The first-order valence-corrected chi connectivity index (χ1v) is 8.41. The lowest BCUT2D eigenvalue weighted by atomic mass is 10.1. The summed E-state index contributed by atoms with van der Waals surface area (Å²) in [6.45, 7) is 4.24. The van der Waals surface area contributed by atoms with Crippen LogP contribution in [-0.2, 0) is 21.2 Å². The molecule has 0 aliphatic carbocycles. The number of sulfonamides is 1. The molecule has 1 heterocycles. The van der Waals surface area contributed by atoms with Crippen LogP contribution in [0.2, 0.25) is 0 Å². The van der Waals surface area contributed by atoms with E-state index in [0.717, 1.165) is 4.88 Å². The zero-order chi connectivity index (χ0) is 14.5. The van der Waals surface area contributed by atoms with Gasteiger partial charge in [0.2, 0.25) is 10.0 Å². The Hall–Kier alpha value is -0.470. The third-order valence-electron chi connectivity index (χ3n) is 2.72. The van der Waals surface area contributed by atoms with Crippen LogP contribution in [0.1, 0.15) is 18.7 Å². The minimum Gasteiger partial charge on any atom is -0.396 e. The quantitative estimate of drug-likeness (QED) is 0.757. The maximum atomic E-state index is 12.2. The monoisotopic (exact) mass is 307 g/mol. The van der Waals surface area contributed by atoms with Gasteiger partial charge in [-0.25, -0.2) is 13.1 Å². The van der Waals surface area contributed by atoms with E-state index in [9.17, 15) is 8.42 Å². The van der Waals surface area contributed by atoms with Gasteiger partial charge in [0.15, 0.2) is 0 Å². The first-order valence-electron chi connectivity index (χ1n) is 6.11. The lowest BCUT2D eigenvalue weighted by Gasteiger charge is -2.20. The molecule has 0 spiro atoms. The van der Waals surface area contributed by atoms with Gasteiger partial charge in [-0.05, 0) is 18.1 Å². The van der Waals surface area contributed by atoms with Crippen LogP contribution in [-0.4, -0.2) is 39.9 Å². The van der Waals surface area contributed by atoms with Crippen LogP contribution < -0.4 is 4.72 Å². The number of ether oxygens (including phenoxy) is 1. The smallest absolute Gasteiger partial charge is 0.250 e. The Labute approximate surface area is 118 Å². The molecule has 7 heteroatoms. The normalized spacial score (nSPS) is 13.9. The lowest BCUT2D eigenvalue weighted by molar-refractivity contribution is 0.157. The Kier molecular flexibility index (Phi) is 6.41. The van der Waals surface area contributed by atoms with Gasteiger partial charge in [0.1, 0.15) is 4.21 Å². The summed E-state index contributed by atoms with van der Waals surface area (Å²) in [5, 5.41) is 8.84. The first-order chi connectivity index (χ1) is 8.90. The number of aliphatic hydroxyl groups excluding tert-OH is 1. The molecule has 0 fully saturated rings. The highest BCUT2D eigenvalue weighted by Gasteiger charge is 2.23. The molecule has 0 aliphatic heterocycles. The maximum Gasteiger partial charge on any atom is 0.250 e. The van der Waals surface area contributed by atoms with Crippen LogP contribution in [0.3, 0.4) is 0 Å². The van der Waals surface area contributed by atoms with Crippen molar-refractivity contribution in [3.05, 3.63) is 17.0 Å². The topological polar surface area (TPSA) is 75.6 Å². The van der Waals surface area contributed by atoms with Crippen molar-refractivity contribution in [3.63, 3.8) is 0 Å². The highest BCUT2D eigenvalue weighted by molar-refractivity contribution is 7.91. The summed E-state index contributed by atoms with van der Waals surface area (Å²) in [7, 11) is -1.97. The maximum absolute atomic E-state index is 12.2. The molecule has 0 saturated carbocycles. The molecule has 5 nitrogen and oxygen atoms in total. The number of thiophene rings is 1. The average Bonchev–Trinajstić information content (AvgIpc) is 2.78. The van der Waals surface area contributed by atoms with Gasteiger partial charge >= 0.3 is 0 Å². The number of hydrogen-bond donors (Lipinski definition) is 2. The molecule has 0 aliphatic rings. The molecule has 0 amide bonds. The van der Waals surface area contributed by atoms with E-state index >= 15 is 0 Å². The Bertz CT molecular complexity index is 482. The summed E-state index contributed by atoms with van der Waals surface area (Å²) >= 11 is 1.18. The Morgan fingerprint density at radius 2 is 2.11 bits per heavy atom. The summed E-state index contributed by atoms with van der Waals surface area (Å²) in [4.78, 5) is 0.857. The predicted octanol–water partition coefficient (Wildman–Crippen LogP) is 1.23. The van der Waals surface area contributed by atoms with Crippen molar-refractivity contribution >= 4 is 21.4 Å². The van der Waals surface area contributed by atoms with Gasteiger partial charge in [0.25, 0.3) is 0 Å². The SMILES string of the molecule is COCC(NS(=O)(=O)c1ccc(CCO)s1)C(C)C. The Morgan fingerprint density at radius 1 is 1.42 bits per heavy atom. The van der Waals surface area contributed by atoms with Crippen LogP contribution >= 0.6 is 11.3 Å². The van der Waals surface area contributed by atoms with Crippen molar-refractivity contribution < 1.29 is 18.3 Å². The van der Waals surface area contributed by atoms with Crippen molar-refractivity contribution in [2.24, 2.45) is 5.92 Å². The molecule has 0 aromatic carbocycles. The molecule has 0 bridgehead atoms. The summed E-state index contributed by atoms with van der Waals surface area (Å²) in [6, 6.07) is 3.05. The molecule has 1 unspecified atom stereocenters. The number of aliphatic hydroxyl groups is 1. The van der Waals surface area contributed by atoms with Gasteiger partial charge in [-0.2, -0.15) is 0 Å². The van der Waals surface area contributed by atoms with Crippen LogP contribution in [0.5, 0.6) is 0 Å². The standard InChI is InChI=1S/C12H21NO4S2/c1-9(2)11(8-17-3)13-19(15,16)12-5-4-10(18-12)6-7-14/h4-5,9,11,13-14H,6-8H2,1-3H3. The molecule has 2 N–H and O–H groups in total. The second-order valence-electron chi connectivity index (χ2n) is 4.62. The zero-order valence-corrected chi connectivity index (χ0v) is 13.1. The van der Waals surface area contributed by atoms with Crippen LogP contribution in [0.15, 0.2) is 16.3 Å². The fourth-order valence-corrected chi connectivity index (χ4v) is 4.28. The second kappa shape index (κ2) is 7.35. The van der Waals surface area contributed by atoms with Gasteiger partial charge < -0.3 is 9.84 Å². The molecular weight excluding hydrogens is 286 g/mol. The van der Waals surface area contributed by atoms with E-state index in [1.165, 1.54) is 11.3 Å². The second-order valence-corrected chi connectivity index (χ2v) is 7.73. The zero-order valence-electron chi connectivity index (χ0n) is 11.4. The number of rotatable bonds is 8. The van der Waals surface area contributed by atoms with E-state index in [0.29, 0.717) is 13.0 Å². The van der Waals surface area contributed by atoms with Crippen molar-refractivity contribution in [1.29, 1.82) is 0 Å². The van der Waals surface area contributed by atoms with Crippen molar-refractivity contribution in [1.82, 2.24) is 4.72 Å². The minimum atomic E-state index is -3.52. The minimum absolute atomic E-state index is 0.0196. The highest BCUT2D eigenvalue weighted by Crippen LogP contribution is 2.22. The fourth-order valence-electron chi connectivity index (χ4n) is 1.55. The fraction of sp³-hybridized carbons (Fsp3) is 0.667. The Morgan fingerprint density at radius 3 is 2.63 bits per heavy atom. The van der Waals surface area contributed by atoms with E-state index in [1.54, 1.807) is 19.2 Å². The van der Waals surface area contributed by atoms with Gasteiger partial charge in [-0.15, -0.1) is 11.3 Å². The largest absolute Gasteiger partial charge is 0.396 e. The summed E-state index contributed by atoms with van der Waals surface area (Å²) in [5.74, 6) is 0.145. The summed E-state index contributed by atoms with van der Waals surface area (Å²) < 4.78 is 32.4. The van der Waals surface area contributed by atoms with Crippen molar-refractivity contribution in [3.8, 4) is 0 Å². The molecule has 1 aromatic heterocycles. The van der Waals surface area contributed by atoms with Crippen LogP contribution in [0.4, 0.5) is 0 Å².